The zero-order valence-corrected chi connectivity index (χ0v) is 11.3. The zero-order chi connectivity index (χ0) is 12.8. The smallest absolute Gasteiger partial charge is 0.222 e. The number of hydrogen-bond acceptors (Lipinski definition) is 5. The first-order chi connectivity index (χ1) is 8.83. The lowest BCUT2D eigenvalue weighted by Crippen LogP contribution is -2.37. The summed E-state index contributed by atoms with van der Waals surface area (Å²) in [5, 5.41) is 6.42. The molecule has 18 heavy (non-hydrogen) atoms. The summed E-state index contributed by atoms with van der Waals surface area (Å²) >= 11 is 0. The van der Waals surface area contributed by atoms with E-state index in [9.17, 15) is 0 Å². The normalized spacial score (nSPS) is 20.2. The molecule has 0 radical (unpaired) electrons. The number of likely N-dealkylation sites (tertiary alicyclic amines) is 1. The molecule has 5 nitrogen and oxygen atoms in total. The van der Waals surface area contributed by atoms with Gasteiger partial charge in [-0.15, -0.1) is 0 Å². The Kier molecular flexibility index (Phi) is 4.90. The number of hydrogen-bond donors (Lipinski definition) is 2. The number of nitrogens with one attached hydrogen (secondary N) is 2. The molecule has 1 saturated heterocycles. The summed E-state index contributed by atoms with van der Waals surface area (Å²) in [7, 11) is 1.83. The Bertz CT molecular complexity index is 351. The third kappa shape index (κ3) is 3.40. The van der Waals surface area contributed by atoms with E-state index in [0.29, 0.717) is 12.0 Å². The van der Waals surface area contributed by atoms with Crippen molar-refractivity contribution in [1.82, 2.24) is 20.2 Å². The number of aromatic nitrogens is 2. The maximum Gasteiger partial charge on any atom is 0.222 e. The van der Waals surface area contributed by atoms with Gasteiger partial charge in [0.05, 0.1) is 0 Å². The molecule has 1 aliphatic rings. The molecule has 0 unspecified atom stereocenters. The summed E-state index contributed by atoms with van der Waals surface area (Å²) < 4.78 is 0. The molecule has 0 amide bonds. The first kappa shape index (κ1) is 13.2. The van der Waals surface area contributed by atoms with Crippen molar-refractivity contribution in [2.75, 3.05) is 32.0 Å². The van der Waals surface area contributed by atoms with E-state index in [1.165, 1.54) is 19.4 Å². The SMILES string of the molecule is CCN1CCC[C@@H]1CNCc1cnc(NC)nc1. The van der Waals surface area contributed by atoms with Crippen molar-refractivity contribution < 1.29 is 0 Å². The van der Waals surface area contributed by atoms with Gasteiger partial charge in [-0.25, -0.2) is 9.97 Å². The first-order valence-electron chi connectivity index (χ1n) is 6.77. The molecule has 2 N–H and O–H groups in total. The van der Waals surface area contributed by atoms with Crippen molar-refractivity contribution in [3.05, 3.63) is 18.0 Å². The summed E-state index contributed by atoms with van der Waals surface area (Å²) in [6.45, 7) is 6.55. The van der Waals surface area contributed by atoms with Crippen molar-refractivity contribution in [3.8, 4) is 0 Å². The molecule has 0 bridgehead atoms. The quantitative estimate of drug-likeness (QED) is 0.790. The second kappa shape index (κ2) is 6.66. The minimum atomic E-state index is 0.673. The minimum Gasteiger partial charge on any atom is -0.357 e. The second-order valence-electron chi connectivity index (χ2n) is 4.72. The summed E-state index contributed by atoms with van der Waals surface area (Å²) in [6.07, 6.45) is 6.40. The third-order valence-electron chi connectivity index (χ3n) is 3.54. The largest absolute Gasteiger partial charge is 0.357 e. The highest BCUT2D eigenvalue weighted by Gasteiger charge is 2.21. The molecule has 1 fully saturated rings. The lowest BCUT2D eigenvalue weighted by molar-refractivity contribution is 0.260. The maximum absolute atomic E-state index is 4.21. The molecule has 2 rings (SSSR count). The monoisotopic (exact) mass is 249 g/mol. The molecular weight excluding hydrogens is 226 g/mol. The topological polar surface area (TPSA) is 53.1 Å². The van der Waals surface area contributed by atoms with Crippen molar-refractivity contribution in [1.29, 1.82) is 0 Å². The Morgan fingerprint density at radius 1 is 1.39 bits per heavy atom. The van der Waals surface area contributed by atoms with E-state index in [4.69, 9.17) is 0 Å². The van der Waals surface area contributed by atoms with Gasteiger partial charge >= 0.3 is 0 Å². The van der Waals surface area contributed by atoms with Crippen LogP contribution in [0.15, 0.2) is 12.4 Å². The second-order valence-corrected chi connectivity index (χ2v) is 4.72. The Labute approximate surface area is 109 Å². The van der Waals surface area contributed by atoms with Crippen LogP contribution < -0.4 is 10.6 Å². The molecule has 1 aliphatic heterocycles. The molecule has 0 aromatic carbocycles. The van der Waals surface area contributed by atoms with Crippen LogP contribution in [-0.2, 0) is 6.54 Å². The van der Waals surface area contributed by atoms with Crippen LogP contribution in [0.4, 0.5) is 5.95 Å². The average molecular weight is 249 g/mol. The zero-order valence-electron chi connectivity index (χ0n) is 11.3. The van der Waals surface area contributed by atoms with Gasteiger partial charge in [0.25, 0.3) is 0 Å². The fourth-order valence-electron chi connectivity index (χ4n) is 2.50. The van der Waals surface area contributed by atoms with Crippen LogP contribution in [0.3, 0.4) is 0 Å². The van der Waals surface area contributed by atoms with Crippen LogP contribution in [0, 0.1) is 0 Å². The van der Waals surface area contributed by atoms with Gasteiger partial charge in [0, 0.05) is 44.1 Å². The Hall–Kier alpha value is -1.20. The predicted molar refractivity (Wildman–Crippen MR) is 73.6 cm³/mol. The lowest BCUT2D eigenvalue weighted by Gasteiger charge is -2.22. The first-order valence-corrected chi connectivity index (χ1v) is 6.77. The van der Waals surface area contributed by atoms with Gasteiger partial charge in [0.15, 0.2) is 0 Å². The summed E-state index contributed by atoms with van der Waals surface area (Å²) in [6, 6.07) is 0.701. The molecule has 5 heteroatoms. The molecule has 1 atom stereocenters. The van der Waals surface area contributed by atoms with Gasteiger partial charge in [-0.05, 0) is 25.9 Å². The number of nitrogens with zero attached hydrogens (tertiary/aromatic N) is 3. The van der Waals surface area contributed by atoms with E-state index in [0.717, 1.165) is 25.2 Å². The molecule has 2 heterocycles. The highest BCUT2D eigenvalue weighted by atomic mass is 15.2. The standard InChI is InChI=1S/C13H23N5/c1-3-18-6-4-5-12(18)10-15-7-11-8-16-13(14-2)17-9-11/h8-9,12,15H,3-7,10H2,1-2H3,(H,14,16,17)/t12-/m1/s1. The minimum absolute atomic E-state index is 0.673. The maximum atomic E-state index is 4.21. The van der Waals surface area contributed by atoms with E-state index >= 15 is 0 Å². The van der Waals surface area contributed by atoms with E-state index in [1.54, 1.807) is 0 Å². The van der Waals surface area contributed by atoms with Crippen molar-refractivity contribution >= 4 is 5.95 Å². The van der Waals surface area contributed by atoms with Crippen molar-refractivity contribution in [2.45, 2.75) is 32.4 Å². The molecular formula is C13H23N5. The van der Waals surface area contributed by atoms with E-state index in [1.807, 2.05) is 19.4 Å². The molecule has 100 valence electrons. The highest BCUT2D eigenvalue weighted by molar-refractivity contribution is 5.23. The van der Waals surface area contributed by atoms with Crippen LogP contribution in [0.5, 0.6) is 0 Å². The van der Waals surface area contributed by atoms with Gasteiger partial charge in [-0.3, -0.25) is 4.90 Å². The van der Waals surface area contributed by atoms with E-state index in [-0.39, 0.29) is 0 Å². The van der Waals surface area contributed by atoms with E-state index in [2.05, 4.69) is 32.4 Å². The summed E-state index contributed by atoms with van der Waals surface area (Å²) in [4.78, 5) is 11.0. The van der Waals surface area contributed by atoms with E-state index < -0.39 is 0 Å². The number of anilines is 1. The summed E-state index contributed by atoms with van der Waals surface area (Å²) in [5.74, 6) is 0.673. The Morgan fingerprint density at radius 2 is 2.17 bits per heavy atom. The highest BCUT2D eigenvalue weighted by Crippen LogP contribution is 2.15. The van der Waals surface area contributed by atoms with Gasteiger partial charge in [-0.1, -0.05) is 6.92 Å². The molecule has 0 spiro atoms. The van der Waals surface area contributed by atoms with Gasteiger partial charge in [0.2, 0.25) is 5.95 Å². The average Bonchev–Trinajstić information content (AvgIpc) is 2.87. The number of rotatable bonds is 6. The lowest BCUT2D eigenvalue weighted by atomic mass is 10.2. The van der Waals surface area contributed by atoms with Crippen LogP contribution in [0.25, 0.3) is 0 Å². The van der Waals surface area contributed by atoms with Crippen LogP contribution in [0.1, 0.15) is 25.3 Å². The van der Waals surface area contributed by atoms with Crippen molar-refractivity contribution in [2.24, 2.45) is 0 Å². The van der Waals surface area contributed by atoms with Crippen LogP contribution >= 0.6 is 0 Å². The molecule has 0 saturated carbocycles. The van der Waals surface area contributed by atoms with Gasteiger partial charge < -0.3 is 10.6 Å². The molecule has 1 aromatic heterocycles. The number of likely N-dealkylation sites (N-methyl/N-ethyl adjacent to an activating group) is 1. The fourth-order valence-corrected chi connectivity index (χ4v) is 2.50. The van der Waals surface area contributed by atoms with Crippen LogP contribution in [0.2, 0.25) is 0 Å². The summed E-state index contributed by atoms with van der Waals surface area (Å²) in [5.41, 5.74) is 1.13. The predicted octanol–water partition coefficient (Wildman–Crippen LogP) is 1.09. The third-order valence-corrected chi connectivity index (χ3v) is 3.54. The Balaban J connectivity index is 1.74. The van der Waals surface area contributed by atoms with Gasteiger partial charge in [0.1, 0.15) is 0 Å². The molecule has 1 aromatic rings. The van der Waals surface area contributed by atoms with Crippen molar-refractivity contribution in [3.63, 3.8) is 0 Å². The van der Waals surface area contributed by atoms with Crippen LogP contribution in [-0.4, -0.2) is 47.6 Å². The fraction of sp³-hybridized carbons (Fsp3) is 0.692. The van der Waals surface area contributed by atoms with Gasteiger partial charge in [-0.2, -0.15) is 0 Å². The Morgan fingerprint density at radius 3 is 2.83 bits per heavy atom. The molecule has 0 aliphatic carbocycles.